The third kappa shape index (κ3) is 4.09. The zero-order valence-corrected chi connectivity index (χ0v) is 11.6. The lowest BCUT2D eigenvalue weighted by Gasteiger charge is -2.17. The van der Waals surface area contributed by atoms with Gasteiger partial charge in [-0.25, -0.2) is 4.98 Å². The topological polar surface area (TPSA) is 59.4 Å². The Balaban J connectivity index is 2.95. The van der Waals surface area contributed by atoms with Crippen molar-refractivity contribution in [2.24, 2.45) is 0 Å². The van der Waals surface area contributed by atoms with Crippen LogP contribution in [0.4, 0.5) is 0 Å². The number of aromatic nitrogens is 1. The first-order chi connectivity index (χ1) is 7.84. The van der Waals surface area contributed by atoms with Crippen molar-refractivity contribution >= 4 is 17.3 Å². The summed E-state index contributed by atoms with van der Waals surface area (Å²) in [5.41, 5.74) is 0.937. The molecule has 0 unspecified atom stereocenters. The van der Waals surface area contributed by atoms with Gasteiger partial charge in [0.1, 0.15) is 5.01 Å². The van der Waals surface area contributed by atoms with E-state index in [1.807, 2.05) is 0 Å². The fourth-order valence-electron chi connectivity index (χ4n) is 1.56. The van der Waals surface area contributed by atoms with Gasteiger partial charge in [0.25, 0.3) is 0 Å². The van der Waals surface area contributed by atoms with E-state index in [1.165, 1.54) is 0 Å². The second-order valence-corrected chi connectivity index (χ2v) is 6.12. The van der Waals surface area contributed by atoms with Crippen LogP contribution >= 0.6 is 11.3 Å². The molecule has 1 aromatic rings. The van der Waals surface area contributed by atoms with Gasteiger partial charge in [-0.1, -0.05) is 20.8 Å². The summed E-state index contributed by atoms with van der Waals surface area (Å²) in [5, 5.41) is 9.65. The van der Waals surface area contributed by atoms with Crippen LogP contribution in [-0.2, 0) is 28.0 Å². The minimum absolute atomic E-state index is 0.0592. The molecule has 17 heavy (non-hydrogen) atoms. The number of rotatable bonds is 5. The van der Waals surface area contributed by atoms with Gasteiger partial charge in [0.2, 0.25) is 0 Å². The van der Waals surface area contributed by atoms with E-state index in [4.69, 9.17) is 9.84 Å². The number of aliphatic carboxylic acids is 1. The normalized spacial score (nSPS) is 11.8. The first-order valence-corrected chi connectivity index (χ1v) is 6.36. The van der Waals surface area contributed by atoms with Crippen LogP contribution in [-0.4, -0.2) is 23.2 Å². The maximum Gasteiger partial charge on any atom is 0.303 e. The monoisotopic (exact) mass is 257 g/mol. The first kappa shape index (κ1) is 14.1. The minimum atomic E-state index is -0.772. The SMILES string of the molecule is COCc1nc(C(C)(C)C)c(CCC(=O)O)s1. The standard InChI is InChI=1S/C12H19NO3S/c1-12(2,3)11-8(5-6-10(14)15)17-9(13-11)7-16-4/h5-7H2,1-4H3,(H,14,15). The first-order valence-electron chi connectivity index (χ1n) is 5.54. The summed E-state index contributed by atoms with van der Waals surface area (Å²) in [6, 6.07) is 0. The van der Waals surface area contributed by atoms with Gasteiger partial charge in [-0.2, -0.15) is 0 Å². The minimum Gasteiger partial charge on any atom is -0.481 e. The largest absolute Gasteiger partial charge is 0.481 e. The van der Waals surface area contributed by atoms with Crippen molar-refractivity contribution in [1.29, 1.82) is 0 Å². The Morgan fingerprint density at radius 2 is 2.12 bits per heavy atom. The summed E-state index contributed by atoms with van der Waals surface area (Å²) < 4.78 is 5.07. The van der Waals surface area contributed by atoms with E-state index >= 15 is 0 Å². The quantitative estimate of drug-likeness (QED) is 0.880. The van der Waals surface area contributed by atoms with Gasteiger partial charge in [-0.3, -0.25) is 4.79 Å². The van der Waals surface area contributed by atoms with Crippen molar-refractivity contribution in [2.45, 2.75) is 45.6 Å². The lowest BCUT2D eigenvalue weighted by molar-refractivity contribution is -0.136. The van der Waals surface area contributed by atoms with E-state index in [0.717, 1.165) is 15.6 Å². The number of carbonyl (C=O) groups is 1. The Labute approximate surface area is 106 Å². The number of aryl methyl sites for hydroxylation is 1. The van der Waals surface area contributed by atoms with Gasteiger partial charge < -0.3 is 9.84 Å². The molecule has 5 heteroatoms. The van der Waals surface area contributed by atoms with Crippen LogP contribution in [0.25, 0.3) is 0 Å². The summed E-state index contributed by atoms with van der Waals surface area (Å²) in [6.45, 7) is 6.75. The molecular weight excluding hydrogens is 238 g/mol. The maximum absolute atomic E-state index is 10.6. The summed E-state index contributed by atoms with van der Waals surface area (Å²) in [4.78, 5) is 16.2. The van der Waals surface area contributed by atoms with Crippen LogP contribution in [0.2, 0.25) is 0 Å². The molecule has 0 bridgehead atoms. The van der Waals surface area contributed by atoms with Crippen LogP contribution in [0.15, 0.2) is 0 Å². The van der Waals surface area contributed by atoms with E-state index in [9.17, 15) is 4.79 Å². The molecule has 0 saturated heterocycles. The van der Waals surface area contributed by atoms with Crippen molar-refractivity contribution in [3.63, 3.8) is 0 Å². The van der Waals surface area contributed by atoms with E-state index in [1.54, 1.807) is 18.4 Å². The van der Waals surface area contributed by atoms with Crippen LogP contribution in [0.3, 0.4) is 0 Å². The molecule has 96 valence electrons. The number of methoxy groups -OCH3 is 1. The van der Waals surface area contributed by atoms with E-state index in [2.05, 4.69) is 25.8 Å². The van der Waals surface area contributed by atoms with Crippen molar-refractivity contribution in [2.75, 3.05) is 7.11 Å². The molecule has 0 amide bonds. The van der Waals surface area contributed by atoms with Crippen LogP contribution < -0.4 is 0 Å². The lowest BCUT2D eigenvalue weighted by atomic mass is 9.90. The van der Waals surface area contributed by atoms with E-state index in [0.29, 0.717) is 13.0 Å². The van der Waals surface area contributed by atoms with Gasteiger partial charge in [-0.05, 0) is 6.42 Å². The van der Waals surface area contributed by atoms with Gasteiger partial charge in [0, 0.05) is 17.4 Å². The number of hydrogen-bond donors (Lipinski definition) is 1. The smallest absolute Gasteiger partial charge is 0.303 e. The maximum atomic E-state index is 10.6. The molecule has 0 radical (unpaired) electrons. The molecule has 1 rings (SSSR count). The highest BCUT2D eigenvalue weighted by atomic mass is 32.1. The molecule has 0 aromatic carbocycles. The number of carboxylic acid groups (broad SMARTS) is 1. The molecule has 0 atom stereocenters. The van der Waals surface area contributed by atoms with Gasteiger partial charge in [0.15, 0.2) is 0 Å². The fraction of sp³-hybridized carbons (Fsp3) is 0.667. The zero-order chi connectivity index (χ0) is 13.1. The predicted molar refractivity (Wildman–Crippen MR) is 67.5 cm³/mol. The molecule has 1 N–H and O–H groups in total. The summed E-state index contributed by atoms with van der Waals surface area (Å²) >= 11 is 1.55. The van der Waals surface area contributed by atoms with Crippen LogP contribution in [0.1, 0.15) is 42.8 Å². The van der Waals surface area contributed by atoms with Crippen molar-refractivity contribution in [3.8, 4) is 0 Å². The molecule has 4 nitrogen and oxygen atoms in total. The number of hydrogen-bond acceptors (Lipinski definition) is 4. The Morgan fingerprint density at radius 3 is 2.59 bits per heavy atom. The highest BCUT2D eigenvalue weighted by Gasteiger charge is 2.23. The lowest BCUT2D eigenvalue weighted by Crippen LogP contribution is -2.14. The average Bonchev–Trinajstić information content (AvgIpc) is 2.58. The second kappa shape index (κ2) is 5.60. The predicted octanol–water partition coefficient (Wildman–Crippen LogP) is 2.60. The Hall–Kier alpha value is -0.940. The Morgan fingerprint density at radius 1 is 1.47 bits per heavy atom. The number of thiazole rings is 1. The van der Waals surface area contributed by atoms with Gasteiger partial charge in [-0.15, -0.1) is 11.3 Å². The zero-order valence-electron chi connectivity index (χ0n) is 10.7. The molecule has 0 aliphatic carbocycles. The third-order valence-corrected chi connectivity index (χ3v) is 3.37. The summed E-state index contributed by atoms with van der Waals surface area (Å²) in [6.07, 6.45) is 0.695. The molecule has 1 aromatic heterocycles. The molecule has 0 spiro atoms. The molecular formula is C12H19NO3S. The Kier molecular flexibility index (Phi) is 4.65. The second-order valence-electron chi connectivity index (χ2n) is 4.96. The third-order valence-electron chi connectivity index (χ3n) is 2.29. The van der Waals surface area contributed by atoms with Crippen LogP contribution in [0.5, 0.6) is 0 Å². The Bertz CT molecular complexity index is 393. The molecule has 1 heterocycles. The fourth-order valence-corrected chi connectivity index (χ4v) is 2.81. The van der Waals surface area contributed by atoms with Crippen molar-refractivity contribution < 1.29 is 14.6 Å². The molecule has 0 aliphatic heterocycles. The van der Waals surface area contributed by atoms with Crippen LogP contribution in [0, 0.1) is 0 Å². The molecule has 0 saturated carbocycles. The molecule has 0 aliphatic rings. The van der Waals surface area contributed by atoms with Crippen molar-refractivity contribution in [1.82, 2.24) is 4.98 Å². The number of nitrogens with zero attached hydrogens (tertiary/aromatic N) is 1. The number of carboxylic acids is 1. The summed E-state index contributed by atoms with van der Waals surface area (Å²) in [5.74, 6) is -0.772. The average molecular weight is 257 g/mol. The van der Waals surface area contributed by atoms with E-state index < -0.39 is 5.97 Å². The van der Waals surface area contributed by atoms with E-state index in [-0.39, 0.29) is 11.8 Å². The number of ether oxygens (including phenoxy) is 1. The van der Waals surface area contributed by atoms with Gasteiger partial charge >= 0.3 is 5.97 Å². The molecule has 0 fully saturated rings. The van der Waals surface area contributed by atoms with Gasteiger partial charge in [0.05, 0.1) is 18.7 Å². The summed E-state index contributed by atoms with van der Waals surface area (Å²) in [7, 11) is 1.63. The highest BCUT2D eigenvalue weighted by molar-refractivity contribution is 7.11. The van der Waals surface area contributed by atoms with Crippen molar-refractivity contribution in [3.05, 3.63) is 15.6 Å². The highest BCUT2D eigenvalue weighted by Crippen LogP contribution is 2.30.